The minimum Gasteiger partial charge on any atom is -0.508 e. The summed E-state index contributed by atoms with van der Waals surface area (Å²) in [5.41, 5.74) is 7.85. The molecular formula is C23H17FN2O3. The summed E-state index contributed by atoms with van der Waals surface area (Å²) in [7, 11) is 0. The molecule has 0 aliphatic rings. The lowest BCUT2D eigenvalue weighted by Crippen LogP contribution is -1.96. The van der Waals surface area contributed by atoms with Gasteiger partial charge in [0, 0.05) is 27.4 Å². The number of aromatic amines is 1. The molecule has 5 N–H and O–H groups in total. The fourth-order valence-corrected chi connectivity index (χ4v) is 3.32. The van der Waals surface area contributed by atoms with Gasteiger partial charge in [0.05, 0.1) is 11.1 Å². The number of aromatic nitrogens is 1. The van der Waals surface area contributed by atoms with E-state index in [0.717, 1.165) is 32.6 Å². The first-order valence-electron chi connectivity index (χ1n) is 8.84. The maximum atomic E-state index is 13.4. The van der Waals surface area contributed by atoms with Crippen LogP contribution in [0.5, 0.6) is 5.75 Å². The highest BCUT2D eigenvalue weighted by atomic mass is 19.1. The Hall–Kier alpha value is -4.06. The molecule has 0 bridgehead atoms. The molecule has 5 rings (SSSR count). The molecule has 0 atom stereocenters. The summed E-state index contributed by atoms with van der Waals surface area (Å²) in [6.45, 7) is 0. The molecule has 1 heterocycles. The van der Waals surface area contributed by atoms with Crippen molar-refractivity contribution in [1.82, 2.24) is 4.98 Å². The van der Waals surface area contributed by atoms with Gasteiger partial charge in [-0.2, -0.15) is 0 Å². The molecule has 29 heavy (non-hydrogen) atoms. The number of carbonyl (C=O) groups is 1. The number of hydrogen-bond acceptors (Lipinski definition) is 3. The Bertz CT molecular complexity index is 1380. The molecule has 0 aliphatic heterocycles. The van der Waals surface area contributed by atoms with Gasteiger partial charge in [0.15, 0.2) is 0 Å². The lowest BCUT2D eigenvalue weighted by molar-refractivity contribution is 0.0697. The smallest absolute Gasteiger partial charge is 0.335 e. The minimum atomic E-state index is -0.952. The Morgan fingerprint density at radius 1 is 0.897 bits per heavy atom. The predicted octanol–water partition coefficient (Wildman–Crippen LogP) is 5.29. The van der Waals surface area contributed by atoms with Crippen molar-refractivity contribution in [2.45, 2.75) is 0 Å². The van der Waals surface area contributed by atoms with Crippen LogP contribution in [-0.2, 0) is 0 Å². The number of rotatable bonds is 1. The van der Waals surface area contributed by atoms with Crippen LogP contribution in [0.15, 0.2) is 72.8 Å². The van der Waals surface area contributed by atoms with E-state index in [9.17, 15) is 14.3 Å². The van der Waals surface area contributed by atoms with Gasteiger partial charge >= 0.3 is 5.97 Å². The van der Waals surface area contributed by atoms with Gasteiger partial charge in [-0.05, 0) is 53.9 Å². The zero-order chi connectivity index (χ0) is 20.5. The molecule has 0 radical (unpaired) electrons. The topological polar surface area (TPSA) is 99.3 Å². The number of phenolic OH excluding ortho intramolecular Hbond substituents is 1. The summed E-state index contributed by atoms with van der Waals surface area (Å²) in [6, 6.07) is 20.1. The molecule has 0 unspecified atom stereocenters. The van der Waals surface area contributed by atoms with E-state index in [1.807, 2.05) is 18.2 Å². The molecular weight excluding hydrogens is 371 g/mol. The molecule has 0 amide bonds. The lowest BCUT2D eigenvalue weighted by atomic mass is 10.1. The van der Waals surface area contributed by atoms with Gasteiger partial charge in [-0.3, -0.25) is 0 Å². The molecule has 0 fully saturated rings. The van der Waals surface area contributed by atoms with Crippen molar-refractivity contribution in [2.75, 3.05) is 5.73 Å². The van der Waals surface area contributed by atoms with Gasteiger partial charge in [0.25, 0.3) is 0 Å². The summed E-state index contributed by atoms with van der Waals surface area (Å²) in [4.78, 5) is 13.6. The van der Waals surface area contributed by atoms with E-state index >= 15 is 0 Å². The van der Waals surface area contributed by atoms with Crippen molar-refractivity contribution in [3.8, 4) is 5.75 Å². The van der Waals surface area contributed by atoms with E-state index in [0.29, 0.717) is 5.69 Å². The quantitative estimate of drug-likeness (QED) is 0.293. The second-order valence-corrected chi connectivity index (χ2v) is 6.64. The third kappa shape index (κ3) is 3.55. The third-order valence-electron chi connectivity index (χ3n) is 4.67. The van der Waals surface area contributed by atoms with Crippen LogP contribution in [0.25, 0.3) is 32.6 Å². The average molecular weight is 388 g/mol. The number of carboxylic acids is 1. The maximum Gasteiger partial charge on any atom is 0.335 e. The van der Waals surface area contributed by atoms with Crippen LogP contribution in [0, 0.1) is 5.82 Å². The number of halogens is 1. The van der Waals surface area contributed by atoms with Gasteiger partial charge in [0.1, 0.15) is 11.6 Å². The normalized spacial score (nSPS) is 10.8. The van der Waals surface area contributed by atoms with E-state index < -0.39 is 5.97 Å². The van der Waals surface area contributed by atoms with Crippen LogP contribution >= 0.6 is 0 Å². The van der Waals surface area contributed by atoms with E-state index in [1.165, 1.54) is 24.3 Å². The zero-order valence-corrected chi connectivity index (χ0v) is 15.2. The zero-order valence-electron chi connectivity index (χ0n) is 15.2. The Balaban J connectivity index is 0.000000174. The Labute approximate surface area is 164 Å². The minimum absolute atomic E-state index is 0.222. The average Bonchev–Trinajstić information content (AvgIpc) is 3.07. The summed E-state index contributed by atoms with van der Waals surface area (Å²) in [5, 5.41) is 21.9. The molecule has 0 saturated heterocycles. The van der Waals surface area contributed by atoms with Gasteiger partial charge in [0.2, 0.25) is 0 Å². The lowest BCUT2D eigenvalue weighted by Gasteiger charge is -2.00. The van der Waals surface area contributed by atoms with Crippen molar-refractivity contribution in [3.05, 3.63) is 84.2 Å². The molecule has 4 aromatic carbocycles. The fraction of sp³-hybridized carbons (Fsp3) is 0. The SMILES string of the molecule is Nc1cccc(C(=O)O)c1.Oc1ccc2ccc3c4cc(F)ccc4[nH]c3c2c1. The van der Waals surface area contributed by atoms with Crippen LogP contribution in [0.4, 0.5) is 10.1 Å². The van der Waals surface area contributed by atoms with Crippen LogP contribution in [0.2, 0.25) is 0 Å². The van der Waals surface area contributed by atoms with Gasteiger partial charge in [-0.25, -0.2) is 9.18 Å². The summed E-state index contributed by atoms with van der Waals surface area (Å²) in [5.74, 6) is -0.971. The fourth-order valence-electron chi connectivity index (χ4n) is 3.32. The number of hydrogen-bond donors (Lipinski definition) is 4. The molecule has 5 nitrogen and oxygen atoms in total. The number of aromatic carboxylic acids is 1. The number of anilines is 1. The first kappa shape index (κ1) is 18.3. The number of nitrogens with two attached hydrogens (primary N) is 1. The molecule has 0 aliphatic carbocycles. The van der Waals surface area contributed by atoms with Gasteiger partial charge in [-0.15, -0.1) is 0 Å². The van der Waals surface area contributed by atoms with Gasteiger partial charge in [-0.1, -0.05) is 24.3 Å². The Morgan fingerprint density at radius 3 is 2.41 bits per heavy atom. The van der Waals surface area contributed by atoms with Crippen LogP contribution in [0.3, 0.4) is 0 Å². The van der Waals surface area contributed by atoms with E-state index in [2.05, 4.69) is 4.98 Å². The largest absolute Gasteiger partial charge is 0.508 e. The number of carboxylic acid groups (broad SMARTS) is 1. The number of nitrogen functional groups attached to an aromatic ring is 1. The molecule has 6 heteroatoms. The number of aromatic hydroxyl groups is 1. The Morgan fingerprint density at radius 2 is 1.69 bits per heavy atom. The van der Waals surface area contributed by atoms with Crippen LogP contribution in [0.1, 0.15) is 10.4 Å². The van der Waals surface area contributed by atoms with Gasteiger partial charge < -0.3 is 20.9 Å². The molecule has 0 spiro atoms. The third-order valence-corrected chi connectivity index (χ3v) is 4.67. The number of phenols is 1. The molecule has 0 saturated carbocycles. The first-order valence-corrected chi connectivity index (χ1v) is 8.84. The molecule has 5 aromatic rings. The number of benzene rings is 4. The van der Waals surface area contributed by atoms with Crippen molar-refractivity contribution >= 4 is 44.2 Å². The number of H-pyrrole nitrogens is 1. The maximum absolute atomic E-state index is 13.4. The highest BCUT2D eigenvalue weighted by Gasteiger charge is 2.08. The second kappa shape index (κ2) is 7.16. The van der Waals surface area contributed by atoms with Crippen molar-refractivity contribution in [1.29, 1.82) is 0 Å². The van der Waals surface area contributed by atoms with Crippen LogP contribution in [-0.4, -0.2) is 21.2 Å². The van der Waals surface area contributed by atoms with Crippen molar-refractivity contribution in [2.24, 2.45) is 0 Å². The number of fused-ring (bicyclic) bond motifs is 5. The van der Waals surface area contributed by atoms with E-state index in [-0.39, 0.29) is 17.1 Å². The van der Waals surface area contributed by atoms with E-state index in [1.54, 1.807) is 30.3 Å². The van der Waals surface area contributed by atoms with E-state index in [4.69, 9.17) is 10.8 Å². The highest BCUT2D eigenvalue weighted by Crippen LogP contribution is 2.32. The second-order valence-electron chi connectivity index (χ2n) is 6.64. The summed E-state index contributed by atoms with van der Waals surface area (Å²) >= 11 is 0. The molecule has 1 aromatic heterocycles. The standard InChI is InChI=1S/C16H10FNO.C7H7NO2/c17-10-3-6-15-14(7-10)12-5-2-9-1-4-11(19)8-13(9)16(12)18-15;8-6-3-1-2-5(4-6)7(9)10/h1-8,18-19H;1-4H,8H2,(H,9,10). The monoisotopic (exact) mass is 388 g/mol. The Kier molecular flexibility index (Phi) is 4.52. The number of nitrogens with one attached hydrogen (secondary N) is 1. The summed E-state index contributed by atoms with van der Waals surface area (Å²) in [6.07, 6.45) is 0. The van der Waals surface area contributed by atoms with Crippen molar-refractivity contribution < 1.29 is 19.4 Å². The molecule has 144 valence electrons. The first-order chi connectivity index (χ1) is 13.9. The predicted molar refractivity (Wildman–Crippen MR) is 113 cm³/mol. The van der Waals surface area contributed by atoms with Crippen molar-refractivity contribution in [3.63, 3.8) is 0 Å². The highest BCUT2D eigenvalue weighted by molar-refractivity contribution is 6.17. The summed E-state index contributed by atoms with van der Waals surface area (Å²) < 4.78 is 13.4. The van der Waals surface area contributed by atoms with Crippen LogP contribution < -0.4 is 5.73 Å².